The largest absolute Gasteiger partial charge is 0.322 e. The van der Waals surface area contributed by atoms with Crippen LogP contribution in [0.5, 0.6) is 0 Å². The number of nitrogens with one attached hydrogen (secondary N) is 1. The Balaban J connectivity index is 1.76. The fourth-order valence-electron chi connectivity index (χ4n) is 2.96. The number of thiophene rings is 1. The molecule has 0 radical (unpaired) electrons. The van der Waals surface area contributed by atoms with Gasteiger partial charge in [-0.3, -0.25) is 0 Å². The summed E-state index contributed by atoms with van der Waals surface area (Å²) in [7, 11) is 0. The summed E-state index contributed by atoms with van der Waals surface area (Å²) < 4.78 is 0. The summed E-state index contributed by atoms with van der Waals surface area (Å²) in [4.78, 5) is 16.0. The Hall–Kier alpha value is -1.81. The van der Waals surface area contributed by atoms with Gasteiger partial charge >= 0.3 is 6.03 Å². The molecule has 22 heavy (non-hydrogen) atoms. The molecule has 1 saturated heterocycles. The SMILES string of the molecule is Cc1ccc(NC(=O)N2CCCCC[C@H]2c2cccs2)cc1. The Bertz CT molecular complexity index is 607. The minimum Gasteiger partial charge on any atom is -0.317 e. The summed E-state index contributed by atoms with van der Waals surface area (Å²) in [6.45, 7) is 2.88. The van der Waals surface area contributed by atoms with E-state index in [2.05, 4.69) is 22.8 Å². The van der Waals surface area contributed by atoms with Crippen LogP contribution in [0.15, 0.2) is 41.8 Å². The Kier molecular flexibility index (Phi) is 4.78. The van der Waals surface area contributed by atoms with Gasteiger partial charge in [0.2, 0.25) is 0 Å². The van der Waals surface area contributed by atoms with Crippen molar-refractivity contribution in [3.05, 3.63) is 52.2 Å². The molecule has 1 atom stereocenters. The molecule has 1 aromatic heterocycles. The van der Waals surface area contributed by atoms with Crippen molar-refractivity contribution in [2.24, 2.45) is 0 Å². The molecular weight excluding hydrogens is 292 g/mol. The van der Waals surface area contributed by atoms with Crippen LogP contribution < -0.4 is 5.32 Å². The first-order chi connectivity index (χ1) is 10.7. The molecular formula is C18H22N2OS. The summed E-state index contributed by atoms with van der Waals surface area (Å²) in [5.74, 6) is 0. The maximum absolute atomic E-state index is 12.7. The molecule has 1 fully saturated rings. The number of benzene rings is 1. The predicted molar refractivity (Wildman–Crippen MR) is 92.4 cm³/mol. The number of aryl methyl sites for hydroxylation is 1. The van der Waals surface area contributed by atoms with Crippen molar-refractivity contribution in [3.63, 3.8) is 0 Å². The summed E-state index contributed by atoms with van der Waals surface area (Å²) in [6.07, 6.45) is 4.54. The van der Waals surface area contributed by atoms with Gasteiger partial charge in [0.1, 0.15) is 0 Å². The first-order valence-electron chi connectivity index (χ1n) is 7.92. The van der Waals surface area contributed by atoms with Crippen molar-refractivity contribution < 1.29 is 4.79 Å². The third kappa shape index (κ3) is 3.50. The number of urea groups is 1. The second-order valence-corrected chi connectivity index (χ2v) is 6.85. The molecule has 1 N–H and O–H groups in total. The highest BCUT2D eigenvalue weighted by Crippen LogP contribution is 2.33. The highest BCUT2D eigenvalue weighted by Gasteiger charge is 2.27. The molecule has 0 saturated carbocycles. The van der Waals surface area contributed by atoms with Crippen molar-refractivity contribution in [2.45, 2.75) is 38.6 Å². The van der Waals surface area contributed by atoms with Gasteiger partial charge in [-0.25, -0.2) is 4.79 Å². The van der Waals surface area contributed by atoms with Crippen molar-refractivity contribution in [3.8, 4) is 0 Å². The Morgan fingerprint density at radius 3 is 2.73 bits per heavy atom. The molecule has 1 aliphatic rings. The molecule has 2 heterocycles. The van der Waals surface area contributed by atoms with E-state index in [4.69, 9.17) is 0 Å². The molecule has 1 aromatic carbocycles. The van der Waals surface area contributed by atoms with Crippen molar-refractivity contribution in [1.82, 2.24) is 4.90 Å². The van der Waals surface area contributed by atoms with Crippen LogP contribution in [-0.2, 0) is 0 Å². The maximum atomic E-state index is 12.7. The van der Waals surface area contributed by atoms with Crippen LogP contribution in [0.1, 0.15) is 42.2 Å². The van der Waals surface area contributed by atoms with E-state index in [1.165, 1.54) is 23.3 Å². The standard InChI is InChI=1S/C18H22N2OS/c1-14-8-10-15(11-9-14)19-18(21)20-12-4-2-3-6-16(20)17-7-5-13-22-17/h5,7-11,13,16H,2-4,6,12H2,1H3,(H,19,21)/t16-/m0/s1. The van der Waals surface area contributed by atoms with Gasteiger partial charge in [0, 0.05) is 17.1 Å². The highest BCUT2D eigenvalue weighted by atomic mass is 32.1. The van der Waals surface area contributed by atoms with Gasteiger partial charge in [-0.05, 0) is 43.3 Å². The molecule has 1 aliphatic heterocycles. The lowest BCUT2D eigenvalue weighted by atomic mass is 10.1. The molecule has 4 heteroatoms. The monoisotopic (exact) mass is 314 g/mol. The van der Waals surface area contributed by atoms with E-state index in [-0.39, 0.29) is 12.1 Å². The van der Waals surface area contributed by atoms with Gasteiger partial charge in [-0.15, -0.1) is 11.3 Å². The number of carbonyl (C=O) groups excluding carboxylic acids is 1. The topological polar surface area (TPSA) is 32.3 Å². The van der Waals surface area contributed by atoms with E-state index >= 15 is 0 Å². The smallest absolute Gasteiger partial charge is 0.317 e. The summed E-state index contributed by atoms with van der Waals surface area (Å²) >= 11 is 1.75. The van der Waals surface area contributed by atoms with Crippen LogP contribution in [0.2, 0.25) is 0 Å². The Labute approximate surface area is 136 Å². The van der Waals surface area contributed by atoms with Crippen LogP contribution in [-0.4, -0.2) is 17.5 Å². The third-order valence-electron chi connectivity index (χ3n) is 4.19. The van der Waals surface area contributed by atoms with Crippen molar-refractivity contribution in [1.29, 1.82) is 0 Å². The zero-order chi connectivity index (χ0) is 15.4. The molecule has 0 spiro atoms. The highest BCUT2D eigenvalue weighted by molar-refractivity contribution is 7.10. The van der Waals surface area contributed by atoms with Gasteiger partial charge in [0.25, 0.3) is 0 Å². The van der Waals surface area contributed by atoms with E-state index in [0.29, 0.717) is 0 Å². The van der Waals surface area contributed by atoms with Gasteiger partial charge < -0.3 is 10.2 Å². The molecule has 0 aliphatic carbocycles. The number of nitrogens with zero attached hydrogens (tertiary/aromatic N) is 1. The zero-order valence-corrected chi connectivity index (χ0v) is 13.7. The fourth-order valence-corrected chi connectivity index (χ4v) is 3.83. The lowest BCUT2D eigenvalue weighted by molar-refractivity contribution is 0.190. The molecule has 0 bridgehead atoms. The van der Waals surface area contributed by atoms with Crippen LogP contribution >= 0.6 is 11.3 Å². The number of anilines is 1. The summed E-state index contributed by atoms with van der Waals surface area (Å²) in [5, 5.41) is 5.14. The zero-order valence-electron chi connectivity index (χ0n) is 12.9. The van der Waals surface area contributed by atoms with E-state index in [9.17, 15) is 4.79 Å². The Morgan fingerprint density at radius 2 is 2.00 bits per heavy atom. The number of likely N-dealkylation sites (tertiary alicyclic amines) is 1. The average molecular weight is 314 g/mol. The molecule has 2 aromatic rings. The minimum atomic E-state index is 0.0177. The molecule has 2 amide bonds. The minimum absolute atomic E-state index is 0.0177. The third-order valence-corrected chi connectivity index (χ3v) is 5.16. The normalized spacial score (nSPS) is 18.8. The quantitative estimate of drug-likeness (QED) is 0.811. The van der Waals surface area contributed by atoms with E-state index in [1.54, 1.807) is 11.3 Å². The van der Waals surface area contributed by atoms with E-state index in [0.717, 1.165) is 25.1 Å². The predicted octanol–water partition coefficient (Wildman–Crippen LogP) is 5.21. The van der Waals surface area contributed by atoms with Crippen molar-refractivity contribution in [2.75, 3.05) is 11.9 Å². The molecule has 116 valence electrons. The number of rotatable bonds is 2. The van der Waals surface area contributed by atoms with E-state index < -0.39 is 0 Å². The first kappa shape index (κ1) is 15.1. The fraction of sp³-hybridized carbons (Fsp3) is 0.389. The lowest BCUT2D eigenvalue weighted by Crippen LogP contribution is -2.37. The van der Waals surface area contributed by atoms with Gasteiger partial charge in [-0.1, -0.05) is 36.6 Å². The van der Waals surface area contributed by atoms with Crippen LogP contribution in [0, 0.1) is 6.92 Å². The maximum Gasteiger partial charge on any atom is 0.322 e. The first-order valence-corrected chi connectivity index (χ1v) is 8.80. The lowest BCUT2D eigenvalue weighted by Gasteiger charge is -2.29. The van der Waals surface area contributed by atoms with Crippen LogP contribution in [0.3, 0.4) is 0 Å². The Morgan fingerprint density at radius 1 is 1.18 bits per heavy atom. The van der Waals surface area contributed by atoms with Crippen LogP contribution in [0.25, 0.3) is 0 Å². The van der Waals surface area contributed by atoms with Gasteiger partial charge in [0.05, 0.1) is 6.04 Å². The molecule has 3 rings (SSSR count). The van der Waals surface area contributed by atoms with Crippen LogP contribution in [0.4, 0.5) is 10.5 Å². The molecule has 0 unspecified atom stereocenters. The second-order valence-electron chi connectivity index (χ2n) is 5.87. The molecule has 3 nitrogen and oxygen atoms in total. The van der Waals surface area contributed by atoms with Gasteiger partial charge in [-0.2, -0.15) is 0 Å². The number of amides is 2. The summed E-state index contributed by atoms with van der Waals surface area (Å²) in [5.41, 5.74) is 2.06. The van der Waals surface area contributed by atoms with Gasteiger partial charge in [0.15, 0.2) is 0 Å². The van der Waals surface area contributed by atoms with Crippen molar-refractivity contribution >= 4 is 23.1 Å². The van der Waals surface area contributed by atoms with E-state index in [1.807, 2.05) is 36.1 Å². The average Bonchev–Trinajstić information content (AvgIpc) is 2.94. The number of hydrogen-bond acceptors (Lipinski definition) is 2. The summed E-state index contributed by atoms with van der Waals surface area (Å²) in [6, 6.07) is 12.4. The number of carbonyl (C=O) groups is 1. The number of hydrogen-bond donors (Lipinski definition) is 1. The second kappa shape index (κ2) is 6.97.